The minimum atomic E-state index is -5.09. The second-order valence-corrected chi connectivity index (χ2v) is 5.84. The van der Waals surface area contributed by atoms with Crippen LogP contribution >= 0.6 is 0 Å². The number of rotatable bonds is 1. The van der Waals surface area contributed by atoms with Crippen molar-refractivity contribution in [3.05, 3.63) is 0 Å². The van der Waals surface area contributed by atoms with E-state index in [0.717, 1.165) is 0 Å². The van der Waals surface area contributed by atoms with Crippen LogP contribution in [0.15, 0.2) is 0 Å². The van der Waals surface area contributed by atoms with Crippen LogP contribution < -0.4 is 0 Å². The molecule has 0 aliphatic carbocycles. The van der Waals surface area contributed by atoms with Gasteiger partial charge in [0, 0.05) is 19.6 Å². The van der Waals surface area contributed by atoms with Gasteiger partial charge in [0.25, 0.3) is 0 Å². The highest BCUT2D eigenvalue weighted by atomic mass is 28.4. The fraction of sp³-hybridized carbons (Fsp3) is 0.875. The van der Waals surface area contributed by atoms with Crippen LogP contribution in [0.5, 0.6) is 0 Å². The quantitative estimate of drug-likeness (QED) is 0.628. The van der Waals surface area contributed by atoms with E-state index in [4.69, 9.17) is 13.3 Å². The lowest BCUT2D eigenvalue weighted by Gasteiger charge is -2.35. The van der Waals surface area contributed by atoms with Gasteiger partial charge < -0.3 is 17.7 Å². The minimum absolute atomic E-state index is 0.108. The summed E-state index contributed by atoms with van der Waals surface area (Å²) in [6, 6.07) is 0. The molecule has 2 bridgehead atoms. The lowest BCUT2D eigenvalue weighted by molar-refractivity contribution is -0.200. The predicted molar refractivity (Wildman–Crippen MR) is 52.2 cm³/mol. The molecule has 10 heteroatoms. The molecule has 3 fully saturated rings. The van der Waals surface area contributed by atoms with Gasteiger partial charge in [-0.3, -0.25) is 4.90 Å². The normalized spacial score (nSPS) is 33.4. The Morgan fingerprint density at radius 2 is 1.50 bits per heavy atom. The zero-order valence-electron chi connectivity index (χ0n) is 9.36. The van der Waals surface area contributed by atoms with E-state index in [-0.39, 0.29) is 19.8 Å². The molecule has 0 aromatic carbocycles. The number of hydrogen-bond donors (Lipinski definition) is 0. The van der Waals surface area contributed by atoms with Gasteiger partial charge in [-0.1, -0.05) is 0 Å². The summed E-state index contributed by atoms with van der Waals surface area (Å²) < 4.78 is 56.2. The molecule has 0 saturated carbocycles. The number of hydrogen-bond acceptors (Lipinski definition) is 6. The third kappa shape index (κ3) is 3.20. The third-order valence-electron chi connectivity index (χ3n) is 2.51. The number of fused-ring (bicyclic) bond motifs is 6. The van der Waals surface area contributed by atoms with E-state index in [9.17, 15) is 18.0 Å². The van der Waals surface area contributed by atoms with Gasteiger partial charge in [0.1, 0.15) is 0 Å². The van der Waals surface area contributed by atoms with Crippen LogP contribution in [-0.2, 0) is 22.5 Å². The molecule has 18 heavy (non-hydrogen) atoms. The molecular formula is C8H12F3NO5Si. The zero-order chi connectivity index (χ0) is 13.2. The van der Waals surface area contributed by atoms with Crippen molar-refractivity contribution in [3.8, 4) is 0 Å². The molecule has 3 heterocycles. The molecule has 104 valence electrons. The summed E-state index contributed by atoms with van der Waals surface area (Å²) >= 11 is 0. The molecule has 0 atom stereocenters. The van der Waals surface area contributed by atoms with Crippen molar-refractivity contribution in [2.75, 3.05) is 39.5 Å². The fourth-order valence-corrected chi connectivity index (χ4v) is 3.41. The van der Waals surface area contributed by atoms with Crippen LogP contribution in [0.4, 0.5) is 13.2 Å². The molecule has 0 unspecified atom stereocenters. The monoisotopic (exact) mass is 287 g/mol. The summed E-state index contributed by atoms with van der Waals surface area (Å²) in [5.74, 6) is -2.34. The SMILES string of the molecule is O=C(O[Si]12OCCN(CCO1)CCO2)C(F)(F)F. The molecule has 3 aliphatic rings. The van der Waals surface area contributed by atoms with E-state index in [1.807, 2.05) is 4.90 Å². The Morgan fingerprint density at radius 3 is 1.89 bits per heavy atom. The first-order chi connectivity index (χ1) is 8.41. The Balaban J connectivity index is 2.08. The van der Waals surface area contributed by atoms with Gasteiger partial charge in [0.15, 0.2) is 0 Å². The maximum atomic E-state index is 12.2. The molecule has 3 aliphatic heterocycles. The Kier molecular flexibility index (Phi) is 3.92. The van der Waals surface area contributed by atoms with Crippen LogP contribution in [-0.4, -0.2) is 65.5 Å². The van der Waals surface area contributed by atoms with Crippen molar-refractivity contribution in [1.82, 2.24) is 4.90 Å². The first-order valence-electron chi connectivity index (χ1n) is 5.36. The third-order valence-corrected chi connectivity index (χ3v) is 4.62. The van der Waals surface area contributed by atoms with E-state index >= 15 is 0 Å². The summed E-state index contributed by atoms with van der Waals surface area (Å²) in [6.45, 7) is 1.97. The summed E-state index contributed by atoms with van der Waals surface area (Å²) in [5, 5.41) is 0. The maximum absolute atomic E-state index is 12.2. The largest absolute Gasteiger partial charge is 0.752 e. The van der Waals surface area contributed by atoms with Crippen molar-refractivity contribution in [2.45, 2.75) is 6.18 Å². The van der Waals surface area contributed by atoms with Gasteiger partial charge in [-0.05, 0) is 0 Å². The van der Waals surface area contributed by atoms with E-state index < -0.39 is 21.2 Å². The number of carbonyl (C=O) groups is 1. The Bertz CT molecular complexity index is 300. The first kappa shape index (κ1) is 13.7. The van der Waals surface area contributed by atoms with Crippen LogP contribution in [0.1, 0.15) is 0 Å². The van der Waals surface area contributed by atoms with E-state index in [2.05, 4.69) is 4.43 Å². The number of alkyl halides is 3. The predicted octanol–water partition coefficient (Wildman–Crippen LogP) is -0.0935. The Labute approximate surface area is 102 Å². The second-order valence-electron chi connectivity index (χ2n) is 3.77. The summed E-state index contributed by atoms with van der Waals surface area (Å²) in [7, 11) is -4.00. The first-order valence-corrected chi connectivity index (χ1v) is 6.99. The summed E-state index contributed by atoms with van der Waals surface area (Å²) in [4.78, 5) is 12.9. The standard InChI is InChI=1S/C8H12F3NO5Si/c9-8(10,11)7(13)17-18-14-4-1-12(2-5-15-18)3-6-16-18/h1-6H2. The Morgan fingerprint density at radius 1 is 1.06 bits per heavy atom. The molecule has 0 spiro atoms. The molecule has 3 rings (SSSR count). The second kappa shape index (κ2) is 5.13. The van der Waals surface area contributed by atoms with Crippen LogP contribution in [0.25, 0.3) is 0 Å². The van der Waals surface area contributed by atoms with E-state index in [0.29, 0.717) is 19.6 Å². The van der Waals surface area contributed by atoms with Gasteiger partial charge in [-0.2, -0.15) is 13.2 Å². The lowest BCUT2D eigenvalue weighted by Crippen LogP contribution is -2.58. The molecule has 0 radical (unpaired) electrons. The number of carbonyl (C=O) groups excluding carboxylic acids is 1. The van der Waals surface area contributed by atoms with Crippen molar-refractivity contribution < 1.29 is 35.7 Å². The van der Waals surface area contributed by atoms with Crippen molar-refractivity contribution in [2.24, 2.45) is 0 Å². The molecule has 0 aromatic rings. The Hall–Kier alpha value is -0.683. The van der Waals surface area contributed by atoms with Crippen LogP contribution in [0.2, 0.25) is 0 Å². The average molecular weight is 287 g/mol. The van der Waals surface area contributed by atoms with Crippen LogP contribution in [0.3, 0.4) is 0 Å². The summed E-state index contributed by atoms with van der Waals surface area (Å²) in [6.07, 6.45) is -5.09. The maximum Gasteiger partial charge on any atom is 0.752 e. The van der Waals surface area contributed by atoms with Gasteiger partial charge >= 0.3 is 21.2 Å². The molecule has 0 amide bonds. The van der Waals surface area contributed by atoms with Crippen molar-refractivity contribution in [1.29, 1.82) is 0 Å². The molecule has 0 aromatic heterocycles. The van der Waals surface area contributed by atoms with Gasteiger partial charge in [-0.25, -0.2) is 4.79 Å². The van der Waals surface area contributed by atoms with Crippen molar-refractivity contribution >= 4 is 15.0 Å². The zero-order valence-corrected chi connectivity index (χ0v) is 10.4. The lowest BCUT2D eigenvalue weighted by atomic mass is 10.4. The average Bonchev–Trinajstić information content (AvgIpc) is 2.17. The fourth-order valence-electron chi connectivity index (χ4n) is 1.62. The van der Waals surface area contributed by atoms with Crippen molar-refractivity contribution in [3.63, 3.8) is 0 Å². The van der Waals surface area contributed by atoms with Gasteiger partial charge in [-0.15, -0.1) is 0 Å². The number of halogens is 3. The van der Waals surface area contributed by atoms with E-state index in [1.54, 1.807) is 0 Å². The molecular weight excluding hydrogens is 275 g/mol. The topological polar surface area (TPSA) is 57.2 Å². The smallest absolute Gasteiger partial charge is 0.445 e. The van der Waals surface area contributed by atoms with Gasteiger partial charge in [0.05, 0.1) is 19.8 Å². The molecule has 3 saturated heterocycles. The molecule has 6 nitrogen and oxygen atoms in total. The van der Waals surface area contributed by atoms with E-state index in [1.165, 1.54) is 0 Å². The minimum Gasteiger partial charge on any atom is -0.445 e. The summed E-state index contributed by atoms with van der Waals surface area (Å²) in [5.41, 5.74) is 0. The number of nitrogens with zero attached hydrogens (tertiary/aromatic N) is 1. The highest BCUT2D eigenvalue weighted by Gasteiger charge is 2.56. The highest BCUT2D eigenvalue weighted by Crippen LogP contribution is 2.23. The van der Waals surface area contributed by atoms with Gasteiger partial charge in [0.2, 0.25) is 0 Å². The van der Waals surface area contributed by atoms with Crippen LogP contribution in [0, 0.1) is 0 Å². The molecule has 0 N–H and O–H groups in total. The highest BCUT2D eigenvalue weighted by molar-refractivity contribution is 6.55.